The van der Waals surface area contributed by atoms with Crippen LogP contribution in [0.25, 0.3) is 5.69 Å². The van der Waals surface area contributed by atoms with Crippen molar-refractivity contribution in [1.29, 1.82) is 0 Å². The van der Waals surface area contributed by atoms with E-state index in [1.165, 1.54) is 35.7 Å². The van der Waals surface area contributed by atoms with Gasteiger partial charge >= 0.3 is 0 Å². The van der Waals surface area contributed by atoms with Crippen LogP contribution in [0.15, 0.2) is 59.8 Å². The third kappa shape index (κ3) is 3.76. The van der Waals surface area contributed by atoms with Crippen molar-refractivity contribution in [3.05, 3.63) is 71.5 Å². The maximum atomic E-state index is 13.1. The summed E-state index contributed by atoms with van der Waals surface area (Å²) < 4.78 is 2.13. The van der Waals surface area contributed by atoms with Crippen molar-refractivity contribution in [2.75, 3.05) is 12.8 Å². The third-order valence-electron chi connectivity index (χ3n) is 6.14. The molecule has 0 aliphatic heterocycles. The molecule has 0 saturated heterocycles. The highest BCUT2D eigenvalue weighted by molar-refractivity contribution is 7.99. The molecule has 0 unspecified atom stereocenters. The molecule has 0 N–H and O–H groups in total. The first-order valence-electron chi connectivity index (χ1n) is 10.7. The number of thioether (sulfide) groups is 1. The topological polar surface area (TPSA) is 51.0 Å². The van der Waals surface area contributed by atoms with Crippen molar-refractivity contribution in [2.24, 2.45) is 0 Å². The van der Waals surface area contributed by atoms with Gasteiger partial charge < -0.3 is 4.90 Å². The summed E-state index contributed by atoms with van der Waals surface area (Å²) in [5.41, 5.74) is 3.74. The summed E-state index contributed by atoms with van der Waals surface area (Å²) in [5.74, 6) is 2.01. The molecule has 1 heterocycles. The summed E-state index contributed by atoms with van der Waals surface area (Å²) in [7, 11) is 1.94. The Hall–Kier alpha value is -2.60. The number of para-hydroxylation sites is 1. The van der Waals surface area contributed by atoms with Crippen molar-refractivity contribution < 1.29 is 4.79 Å². The average molecular weight is 419 g/mol. The van der Waals surface area contributed by atoms with Crippen molar-refractivity contribution in [2.45, 2.75) is 49.2 Å². The first-order valence-corrected chi connectivity index (χ1v) is 11.7. The predicted octanol–water partition coefficient (Wildman–Crippen LogP) is 4.77. The van der Waals surface area contributed by atoms with E-state index in [1.54, 1.807) is 0 Å². The van der Waals surface area contributed by atoms with Gasteiger partial charge in [-0.2, -0.15) is 0 Å². The van der Waals surface area contributed by atoms with Crippen LogP contribution in [0.4, 0.5) is 0 Å². The minimum absolute atomic E-state index is 0.136. The van der Waals surface area contributed by atoms with Gasteiger partial charge in [-0.05, 0) is 55.4 Å². The normalized spacial score (nSPS) is 18.1. The van der Waals surface area contributed by atoms with Crippen LogP contribution in [-0.4, -0.2) is 38.4 Å². The lowest BCUT2D eigenvalue weighted by Gasteiger charge is -2.33. The summed E-state index contributed by atoms with van der Waals surface area (Å²) >= 11 is 1.49. The molecule has 0 radical (unpaired) electrons. The zero-order valence-corrected chi connectivity index (χ0v) is 18.0. The zero-order valence-electron chi connectivity index (χ0n) is 17.2. The lowest BCUT2D eigenvalue weighted by molar-refractivity contribution is -0.129. The van der Waals surface area contributed by atoms with Crippen LogP contribution >= 0.6 is 11.8 Å². The third-order valence-corrected chi connectivity index (χ3v) is 7.05. The number of hydrogen-bond donors (Lipinski definition) is 0. The molecule has 2 aliphatic rings. The fourth-order valence-electron chi connectivity index (χ4n) is 4.33. The fraction of sp³-hybridized carbons (Fsp3) is 0.375. The largest absolute Gasteiger partial charge is 0.338 e. The molecule has 6 heteroatoms. The molecule has 2 aliphatic carbocycles. The van der Waals surface area contributed by atoms with Crippen molar-refractivity contribution in [3.63, 3.8) is 0 Å². The number of amides is 1. The van der Waals surface area contributed by atoms with Gasteiger partial charge in [0.2, 0.25) is 5.91 Å². The summed E-state index contributed by atoms with van der Waals surface area (Å²) in [4.78, 5) is 15.0. The summed E-state index contributed by atoms with van der Waals surface area (Å²) in [6.07, 6.45) is 5.58. The lowest BCUT2D eigenvalue weighted by Crippen LogP contribution is -2.34. The van der Waals surface area contributed by atoms with Crippen LogP contribution in [0, 0.1) is 0 Å². The monoisotopic (exact) mass is 418 g/mol. The van der Waals surface area contributed by atoms with E-state index < -0.39 is 0 Å². The van der Waals surface area contributed by atoms with E-state index in [2.05, 4.69) is 51.2 Å². The molecule has 1 amide bonds. The number of nitrogens with zero attached hydrogens (tertiary/aromatic N) is 4. The molecule has 1 fully saturated rings. The Kier molecular flexibility index (Phi) is 5.34. The van der Waals surface area contributed by atoms with E-state index in [4.69, 9.17) is 0 Å². The highest BCUT2D eigenvalue weighted by Crippen LogP contribution is 2.41. The Bertz CT molecular complexity index is 1040. The second-order valence-electron chi connectivity index (χ2n) is 8.19. The van der Waals surface area contributed by atoms with Gasteiger partial charge in [0, 0.05) is 18.7 Å². The molecule has 1 saturated carbocycles. The van der Waals surface area contributed by atoms with Crippen molar-refractivity contribution in [1.82, 2.24) is 19.7 Å². The zero-order chi connectivity index (χ0) is 20.5. The molecule has 0 bridgehead atoms. The Morgan fingerprint density at radius 1 is 1.07 bits per heavy atom. The molecular formula is C24H26N4OS. The minimum Gasteiger partial charge on any atom is -0.338 e. The maximum absolute atomic E-state index is 13.1. The molecule has 3 aromatic rings. The lowest BCUT2D eigenvalue weighted by atomic mass is 9.87. The Morgan fingerprint density at radius 2 is 1.83 bits per heavy atom. The van der Waals surface area contributed by atoms with E-state index >= 15 is 0 Å². The van der Waals surface area contributed by atoms with E-state index in [0.717, 1.165) is 35.9 Å². The SMILES string of the molecule is CN(C(=O)CSc1nnc(C2CC2)n1-c1ccccc1)[C@H]1CCCc2ccccc21. The molecule has 2 aromatic carbocycles. The van der Waals surface area contributed by atoms with Crippen LogP contribution in [0.5, 0.6) is 0 Å². The number of rotatable bonds is 6. The number of aryl methyl sites for hydroxylation is 1. The summed E-state index contributed by atoms with van der Waals surface area (Å²) in [6.45, 7) is 0. The van der Waals surface area contributed by atoms with Gasteiger partial charge in [-0.15, -0.1) is 10.2 Å². The molecule has 1 atom stereocenters. The van der Waals surface area contributed by atoms with Crippen molar-refractivity contribution in [3.8, 4) is 5.69 Å². The number of aromatic nitrogens is 3. The Balaban J connectivity index is 1.33. The smallest absolute Gasteiger partial charge is 0.233 e. The molecule has 0 spiro atoms. The average Bonchev–Trinajstić information content (AvgIpc) is 3.56. The molecular weight excluding hydrogens is 392 g/mol. The van der Waals surface area contributed by atoms with Crippen LogP contribution in [0.2, 0.25) is 0 Å². The number of hydrogen-bond acceptors (Lipinski definition) is 4. The van der Waals surface area contributed by atoms with Crippen LogP contribution in [-0.2, 0) is 11.2 Å². The van der Waals surface area contributed by atoms with Crippen molar-refractivity contribution >= 4 is 17.7 Å². The highest BCUT2D eigenvalue weighted by Gasteiger charge is 2.32. The number of carbonyl (C=O) groups excluding carboxylic acids is 1. The maximum Gasteiger partial charge on any atom is 0.233 e. The van der Waals surface area contributed by atoms with Gasteiger partial charge in [0.25, 0.3) is 0 Å². The molecule has 30 heavy (non-hydrogen) atoms. The molecule has 1 aromatic heterocycles. The van der Waals surface area contributed by atoms with Gasteiger partial charge in [-0.1, -0.05) is 54.2 Å². The van der Waals surface area contributed by atoms with Gasteiger partial charge in [-0.3, -0.25) is 9.36 Å². The number of benzene rings is 2. The van der Waals surface area contributed by atoms with E-state index in [9.17, 15) is 4.79 Å². The predicted molar refractivity (Wildman–Crippen MR) is 119 cm³/mol. The second kappa shape index (κ2) is 8.26. The van der Waals surface area contributed by atoms with E-state index in [1.807, 2.05) is 30.1 Å². The minimum atomic E-state index is 0.136. The second-order valence-corrected chi connectivity index (χ2v) is 9.13. The van der Waals surface area contributed by atoms with Crippen LogP contribution in [0.3, 0.4) is 0 Å². The quantitative estimate of drug-likeness (QED) is 0.541. The summed E-state index contributed by atoms with van der Waals surface area (Å²) in [6, 6.07) is 18.9. The first-order chi connectivity index (χ1) is 14.7. The van der Waals surface area contributed by atoms with Gasteiger partial charge in [0.1, 0.15) is 5.82 Å². The standard InChI is InChI=1S/C24H26N4OS/c1-27(21-13-7-9-17-8-5-6-12-20(17)21)22(29)16-30-24-26-25-23(18-14-15-18)28(24)19-10-3-2-4-11-19/h2-6,8,10-12,18,21H,7,9,13-16H2,1H3/t21-/m0/s1. The van der Waals surface area contributed by atoms with E-state index in [0.29, 0.717) is 11.7 Å². The molecule has 5 rings (SSSR count). The van der Waals surface area contributed by atoms with Gasteiger partial charge in [0.15, 0.2) is 5.16 Å². The molecule has 5 nitrogen and oxygen atoms in total. The fourth-order valence-corrected chi connectivity index (χ4v) is 5.22. The summed E-state index contributed by atoms with van der Waals surface area (Å²) in [5, 5.41) is 9.70. The van der Waals surface area contributed by atoms with Gasteiger partial charge in [-0.25, -0.2) is 0 Å². The number of fused-ring (bicyclic) bond motifs is 1. The van der Waals surface area contributed by atoms with Crippen LogP contribution < -0.4 is 0 Å². The first kappa shape index (κ1) is 19.4. The Labute approximate surface area is 181 Å². The number of carbonyl (C=O) groups is 1. The molecule has 154 valence electrons. The van der Waals surface area contributed by atoms with Gasteiger partial charge in [0.05, 0.1) is 11.8 Å². The van der Waals surface area contributed by atoms with E-state index in [-0.39, 0.29) is 11.9 Å². The highest BCUT2D eigenvalue weighted by atomic mass is 32.2. The van der Waals surface area contributed by atoms with Crippen LogP contribution in [0.1, 0.15) is 54.6 Å². The Morgan fingerprint density at radius 3 is 2.63 bits per heavy atom.